The van der Waals surface area contributed by atoms with Crippen LogP contribution in [0.1, 0.15) is 12.0 Å². The predicted molar refractivity (Wildman–Crippen MR) is 78.8 cm³/mol. The Morgan fingerprint density at radius 2 is 2.24 bits per heavy atom. The first kappa shape index (κ1) is 16.5. The van der Waals surface area contributed by atoms with Crippen LogP contribution in [0.2, 0.25) is 5.02 Å². The van der Waals surface area contributed by atoms with Crippen LogP contribution in [0, 0.1) is 0 Å². The lowest BCUT2D eigenvalue weighted by Crippen LogP contribution is -2.39. The Balaban J connectivity index is 2.00. The third-order valence-electron chi connectivity index (χ3n) is 2.99. The molecule has 2 N–H and O–H groups in total. The molecule has 1 aliphatic heterocycles. The van der Waals surface area contributed by atoms with Crippen LogP contribution in [-0.2, 0) is 11.0 Å². The Kier molecular flexibility index (Phi) is 5.40. The van der Waals surface area contributed by atoms with Crippen LogP contribution in [0.25, 0.3) is 0 Å². The largest absolute Gasteiger partial charge is 0.417 e. The van der Waals surface area contributed by atoms with Gasteiger partial charge in [0.25, 0.3) is 0 Å². The summed E-state index contributed by atoms with van der Waals surface area (Å²) >= 11 is 7.28. The first-order valence-electron chi connectivity index (χ1n) is 6.34. The average Bonchev–Trinajstić information content (AvgIpc) is 2.41. The quantitative estimate of drug-likeness (QED) is 0.887. The molecule has 21 heavy (non-hydrogen) atoms. The highest BCUT2D eigenvalue weighted by Crippen LogP contribution is 2.36. The molecule has 1 atom stereocenters. The van der Waals surface area contributed by atoms with Crippen LogP contribution in [-0.4, -0.2) is 30.0 Å². The van der Waals surface area contributed by atoms with Crippen molar-refractivity contribution in [2.45, 2.75) is 18.6 Å². The van der Waals surface area contributed by atoms with Gasteiger partial charge in [0.2, 0.25) is 5.91 Å². The van der Waals surface area contributed by atoms with Gasteiger partial charge in [-0.1, -0.05) is 11.6 Å². The molecule has 3 nitrogen and oxygen atoms in total. The molecule has 0 aromatic heterocycles. The van der Waals surface area contributed by atoms with E-state index in [-0.39, 0.29) is 29.1 Å². The second kappa shape index (κ2) is 6.89. The van der Waals surface area contributed by atoms with Gasteiger partial charge in [0.15, 0.2) is 0 Å². The second-order valence-electron chi connectivity index (χ2n) is 4.67. The van der Waals surface area contributed by atoms with Gasteiger partial charge in [0.1, 0.15) is 0 Å². The molecule has 2 rings (SSSR count). The van der Waals surface area contributed by atoms with Crippen LogP contribution in [0.3, 0.4) is 0 Å². The third-order valence-corrected chi connectivity index (χ3v) is 4.45. The van der Waals surface area contributed by atoms with Crippen molar-refractivity contribution < 1.29 is 18.0 Å². The van der Waals surface area contributed by atoms with Gasteiger partial charge >= 0.3 is 6.18 Å². The van der Waals surface area contributed by atoms with Gasteiger partial charge in [-0.15, -0.1) is 0 Å². The molecule has 1 aromatic carbocycles. The summed E-state index contributed by atoms with van der Waals surface area (Å²) in [5.74, 6) is 1.51. The van der Waals surface area contributed by atoms with Crippen LogP contribution < -0.4 is 10.6 Å². The summed E-state index contributed by atoms with van der Waals surface area (Å²) in [7, 11) is 0. The Labute approximate surface area is 129 Å². The van der Waals surface area contributed by atoms with E-state index in [0.29, 0.717) is 0 Å². The van der Waals surface area contributed by atoms with Crippen LogP contribution >= 0.6 is 23.4 Å². The summed E-state index contributed by atoms with van der Waals surface area (Å²) in [5.41, 5.74) is -0.853. The third kappa shape index (κ3) is 4.79. The summed E-state index contributed by atoms with van der Waals surface area (Å²) < 4.78 is 38.2. The van der Waals surface area contributed by atoms with Crippen molar-refractivity contribution in [2.75, 3.05) is 23.4 Å². The average molecular weight is 339 g/mol. The molecule has 1 unspecified atom stereocenters. The topological polar surface area (TPSA) is 41.1 Å². The zero-order valence-corrected chi connectivity index (χ0v) is 12.5. The van der Waals surface area contributed by atoms with Gasteiger partial charge in [-0.05, 0) is 18.2 Å². The SMILES string of the molecule is O=C(CC1CSCCN1)Nc1ccc(Cl)c(C(F)(F)F)c1. The number of rotatable bonds is 3. The highest BCUT2D eigenvalue weighted by Gasteiger charge is 2.33. The first-order valence-corrected chi connectivity index (χ1v) is 7.87. The molecule has 1 fully saturated rings. The number of hydrogen-bond acceptors (Lipinski definition) is 3. The van der Waals surface area contributed by atoms with Crippen molar-refractivity contribution in [3.05, 3.63) is 28.8 Å². The number of halogens is 4. The van der Waals surface area contributed by atoms with Crippen molar-refractivity contribution in [3.8, 4) is 0 Å². The lowest BCUT2D eigenvalue weighted by atomic mass is 10.1. The molecule has 1 aromatic rings. The minimum absolute atomic E-state index is 0.0538. The van der Waals surface area contributed by atoms with Gasteiger partial charge < -0.3 is 10.6 Å². The smallest absolute Gasteiger partial charge is 0.326 e. The molecule has 0 spiro atoms. The molecular weight excluding hydrogens is 325 g/mol. The number of anilines is 1. The number of hydrogen-bond donors (Lipinski definition) is 2. The normalized spacial score (nSPS) is 19.3. The van der Waals surface area contributed by atoms with E-state index in [2.05, 4.69) is 10.6 Å². The maximum atomic E-state index is 12.7. The van der Waals surface area contributed by atoms with E-state index in [1.165, 1.54) is 6.07 Å². The maximum absolute atomic E-state index is 12.7. The minimum Gasteiger partial charge on any atom is -0.326 e. The number of benzene rings is 1. The second-order valence-corrected chi connectivity index (χ2v) is 6.23. The fraction of sp³-hybridized carbons (Fsp3) is 0.462. The van der Waals surface area contributed by atoms with E-state index in [1.807, 2.05) is 0 Å². The summed E-state index contributed by atoms with van der Waals surface area (Å²) in [6, 6.07) is 3.40. The number of carbonyl (C=O) groups excluding carboxylic acids is 1. The van der Waals surface area contributed by atoms with E-state index in [9.17, 15) is 18.0 Å². The highest BCUT2D eigenvalue weighted by atomic mass is 35.5. The molecular formula is C13H14ClF3N2OS. The standard InChI is InChI=1S/C13H14ClF3N2OS/c14-11-2-1-8(5-10(11)13(15,16)17)19-12(20)6-9-7-21-4-3-18-9/h1-2,5,9,18H,3-4,6-7H2,(H,19,20). The number of nitrogens with one attached hydrogen (secondary N) is 2. The Hall–Kier alpha value is -0.920. The van der Waals surface area contributed by atoms with Gasteiger partial charge in [-0.3, -0.25) is 4.79 Å². The number of alkyl halides is 3. The maximum Gasteiger partial charge on any atom is 0.417 e. The number of carbonyl (C=O) groups is 1. The molecule has 0 aliphatic carbocycles. The fourth-order valence-corrected chi connectivity index (χ4v) is 3.18. The van der Waals surface area contributed by atoms with Crippen LogP contribution in [0.15, 0.2) is 18.2 Å². The Bertz CT molecular complexity index is 519. The van der Waals surface area contributed by atoms with Crippen LogP contribution in [0.4, 0.5) is 18.9 Å². The van der Waals surface area contributed by atoms with E-state index in [0.717, 1.165) is 30.2 Å². The van der Waals surface area contributed by atoms with E-state index in [1.54, 1.807) is 11.8 Å². The molecule has 1 saturated heterocycles. The lowest BCUT2D eigenvalue weighted by molar-refractivity contribution is -0.137. The Morgan fingerprint density at radius 1 is 1.48 bits per heavy atom. The first-order chi connectivity index (χ1) is 9.86. The van der Waals surface area contributed by atoms with E-state index >= 15 is 0 Å². The summed E-state index contributed by atoms with van der Waals surface area (Å²) in [6.45, 7) is 0.835. The van der Waals surface area contributed by atoms with Gasteiger partial charge in [-0.25, -0.2) is 0 Å². The zero-order chi connectivity index (χ0) is 15.5. The number of amides is 1. The van der Waals surface area contributed by atoms with Crippen LogP contribution in [0.5, 0.6) is 0 Å². The highest BCUT2D eigenvalue weighted by molar-refractivity contribution is 7.99. The monoisotopic (exact) mass is 338 g/mol. The molecule has 1 amide bonds. The molecule has 0 saturated carbocycles. The van der Waals surface area contributed by atoms with E-state index < -0.39 is 11.7 Å². The lowest BCUT2D eigenvalue weighted by Gasteiger charge is -2.22. The predicted octanol–water partition coefficient (Wildman–Crippen LogP) is 3.39. The van der Waals surface area contributed by atoms with E-state index in [4.69, 9.17) is 11.6 Å². The minimum atomic E-state index is -4.54. The summed E-state index contributed by atoms with van der Waals surface area (Å²) in [4.78, 5) is 11.9. The molecule has 0 radical (unpaired) electrons. The molecule has 8 heteroatoms. The molecule has 1 aliphatic rings. The summed E-state index contributed by atoms with van der Waals surface area (Å²) in [6.07, 6.45) is -4.31. The zero-order valence-electron chi connectivity index (χ0n) is 11.0. The molecule has 0 bridgehead atoms. The fourth-order valence-electron chi connectivity index (χ4n) is 2.01. The summed E-state index contributed by atoms with van der Waals surface area (Å²) in [5, 5.41) is 5.30. The van der Waals surface area contributed by atoms with Gasteiger partial charge in [0, 0.05) is 36.2 Å². The molecule has 1 heterocycles. The number of thioether (sulfide) groups is 1. The van der Waals surface area contributed by atoms with Crippen molar-refractivity contribution in [2.24, 2.45) is 0 Å². The van der Waals surface area contributed by atoms with Crippen molar-refractivity contribution in [3.63, 3.8) is 0 Å². The Morgan fingerprint density at radius 3 is 2.86 bits per heavy atom. The van der Waals surface area contributed by atoms with Crippen molar-refractivity contribution in [1.29, 1.82) is 0 Å². The molecule has 116 valence electrons. The van der Waals surface area contributed by atoms with Gasteiger partial charge in [-0.2, -0.15) is 24.9 Å². The van der Waals surface area contributed by atoms with Gasteiger partial charge in [0.05, 0.1) is 10.6 Å². The van der Waals surface area contributed by atoms with Crippen molar-refractivity contribution in [1.82, 2.24) is 5.32 Å². The van der Waals surface area contributed by atoms with Crippen molar-refractivity contribution >= 4 is 35.0 Å².